The van der Waals surface area contributed by atoms with Gasteiger partial charge in [0.1, 0.15) is 0 Å². The second kappa shape index (κ2) is 2.98. The molecule has 0 aromatic heterocycles. The van der Waals surface area contributed by atoms with Crippen LogP contribution in [0.25, 0.3) is 0 Å². The largest absolute Gasteiger partial charge is 0.427 e. The van der Waals surface area contributed by atoms with Gasteiger partial charge in [-0.2, -0.15) is 0 Å². The van der Waals surface area contributed by atoms with Gasteiger partial charge >= 0.3 is 0 Å². The first kappa shape index (κ1) is 11.9. The van der Waals surface area contributed by atoms with Crippen molar-refractivity contribution in [2.24, 2.45) is 0 Å². The highest BCUT2D eigenvalue weighted by Crippen LogP contribution is 2.45. The van der Waals surface area contributed by atoms with E-state index in [4.69, 9.17) is 0 Å². The van der Waals surface area contributed by atoms with Gasteiger partial charge in [-0.25, -0.2) is 0 Å². The molecular weight excluding hydrogens is 168 g/mol. The highest BCUT2D eigenvalue weighted by atomic mass is 28.4. The number of hydrogen-bond acceptors (Lipinski definition) is 2. The van der Waals surface area contributed by atoms with Crippen molar-refractivity contribution in [3.8, 4) is 0 Å². The van der Waals surface area contributed by atoms with Gasteiger partial charge in [0.05, 0.1) is 5.60 Å². The first-order chi connectivity index (χ1) is 5.06. The average molecular weight is 188 g/mol. The van der Waals surface area contributed by atoms with E-state index in [2.05, 4.69) is 6.58 Å². The summed E-state index contributed by atoms with van der Waals surface area (Å²) in [5.74, 6) is 0. The van der Waals surface area contributed by atoms with Crippen molar-refractivity contribution < 1.29 is 9.90 Å². The maximum atomic E-state index is 10.0. The molecule has 2 nitrogen and oxygen atoms in total. The van der Waals surface area contributed by atoms with Crippen molar-refractivity contribution in [2.45, 2.75) is 44.9 Å². The second-order valence-electron chi connectivity index (χ2n) is 4.54. The van der Waals surface area contributed by atoms with E-state index in [0.29, 0.717) is 0 Å². The van der Waals surface area contributed by atoms with Gasteiger partial charge in [-0.1, -0.05) is 19.5 Å². The van der Waals surface area contributed by atoms with E-state index in [1.54, 1.807) is 26.1 Å². The van der Waals surface area contributed by atoms with Crippen molar-refractivity contribution in [1.82, 2.24) is 0 Å². The molecule has 0 aromatic rings. The summed E-state index contributed by atoms with van der Waals surface area (Å²) in [5.41, 5.74) is 0.724. The predicted octanol–water partition coefficient (Wildman–Crippen LogP) is 1.83. The number of rotatable bonds is 3. The van der Waals surface area contributed by atoms with Gasteiger partial charge in [-0.05, 0) is 20.4 Å². The monoisotopic (exact) mass is 188 g/mol. The molecule has 0 aliphatic heterocycles. The highest BCUT2D eigenvalue weighted by molar-refractivity contribution is 6.79. The van der Waals surface area contributed by atoms with Crippen LogP contribution in [0.3, 0.4) is 0 Å². The first-order valence-corrected chi connectivity index (χ1v) is 6.67. The smallest absolute Gasteiger partial charge is 0.217 e. The molecule has 0 aromatic carbocycles. The zero-order valence-electron chi connectivity index (χ0n) is 8.68. The molecular formula is C9H20O2Si. The zero-order chi connectivity index (χ0) is 10.2. The minimum absolute atomic E-state index is 0.484. The summed E-state index contributed by atoms with van der Waals surface area (Å²) in [5, 5.41) is 9.35. The van der Waals surface area contributed by atoms with E-state index in [9.17, 15) is 9.90 Å². The third-order valence-electron chi connectivity index (χ3n) is 3.19. The molecule has 0 rings (SSSR count). The zero-order valence-corrected chi connectivity index (χ0v) is 9.68. The Balaban J connectivity index is 4.97. The first-order valence-electron chi connectivity index (χ1n) is 4.14. The molecule has 0 aliphatic carbocycles. The fourth-order valence-corrected chi connectivity index (χ4v) is 2.62. The van der Waals surface area contributed by atoms with E-state index < -0.39 is 19.0 Å². The lowest BCUT2D eigenvalue weighted by molar-refractivity contribution is 0.0324. The summed E-state index contributed by atoms with van der Waals surface area (Å²) in [6.45, 7) is 12.6. The van der Waals surface area contributed by atoms with Gasteiger partial charge in [0.2, 0.25) is 8.32 Å². The molecule has 2 N–H and O–H groups in total. The fourth-order valence-electron chi connectivity index (χ4n) is 0.874. The van der Waals surface area contributed by atoms with Crippen LogP contribution in [-0.2, 0) is 0 Å². The predicted molar refractivity (Wildman–Crippen MR) is 54.4 cm³/mol. The lowest BCUT2D eigenvalue weighted by Gasteiger charge is -2.44. The van der Waals surface area contributed by atoms with Crippen molar-refractivity contribution in [3.05, 3.63) is 12.3 Å². The molecule has 72 valence electrons. The van der Waals surface area contributed by atoms with E-state index in [1.165, 1.54) is 0 Å². The van der Waals surface area contributed by atoms with Crippen molar-refractivity contribution in [3.63, 3.8) is 0 Å². The van der Waals surface area contributed by atoms with Crippen LogP contribution in [-0.4, -0.2) is 23.8 Å². The van der Waals surface area contributed by atoms with Gasteiger partial charge in [-0.15, -0.1) is 6.58 Å². The topological polar surface area (TPSA) is 40.5 Å². The molecule has 3 heteroatoms. The highest BCUT2D eigenvalue weighted by Gasteiger charge is 2.49. The SMILES string of the molecule is C=C[Si](C)(O)C(C)(C)C(C)(C)O. The summed E-state index contributed by atoms with van der Waals surface area (Å²) < 4.78 is 0. The summed E-state index contributed by atoms with van der Waals surface area (Å²) in [6.07, 6.45) is 0. The molecule has 12 heavy (non-hydrogen) atoms. The molecule has 0 spiro atoms. The van der Waals surface area contributed by atoms with Gasteiger partial charge in [0, 0.05) is 5.04 Å². The minimum Gasteiger partial charge on any atom is -0.427 e. The van der Waals surface area contributed by atoms with Crippen LogP contribution in [0, 0.1) is 0 Å². The van der Waals surface area contributed by atoms with Crippen LogP contribution in [0.4, 0.5) is 0 Å². The Kier molecular flexibility index (Phi) is 2.95. The van der Waals surface area contributed by atoms with Crippen molar-refractivity contribution in [1.29, 1.82) is 0 Å². The number of aliphatic hydroxyl groups is 1. The van der Waals surface area contributed by atoms with Crippen LogP contribution in [0.1, 0.15) is 27.7 Å². The van der Waals surface area contributed by atoms with Crippen LogP contribution in [0.2, 0.25) is 11.6 Å². The molecule has 0 fully saturated rings. The summed E-state index contributed by atoms with van der Waals surface area (Å²) in [4.78, 5) is 10.0. The van der Waals surface area contributed by atoms with Crippen LogP contribution in [0.15, 0.2) is 12.3 Å². The Morgan fingerprint density at radius 1 is 1.25 bits per heavy atom. The van der Waals surface area contributed by atoms with E-state index in [0.717, 1.165) is 0 Å². The third kappa shape index (κ3) is 1.79. The molecule has 0 saturated heterocycles. The quantitative estimate of drug-likeness (QED) is 0.663. The van der Waals surface area contributed by atoms with Crippen molar-refractivity contribution >= 4 is 8.32 Å². The summed E-state index contributed by atoms with van der Waals surface area (Å²) >= 11 is 0. The van der Waals surface area contributed by atoms with E-state index >= 15 is 0 Å². The van der Waals surface area contributed by atoms with E-state index in [1.807, 2.05) is 13.8 Å². The van der Waals surface area contributed by atoms with Gasteiger partial charge in [0.25, 0.3) is 0 Å². The standard InChI is InChI=1S/C9H20O2Si/c1-7-12(6,11)9(4,5)8(2,3)10/h7,10-11H,1H2,2-6H3. The third-order valence-corrected chi connectivity index (χ3v) is 7.13. The molecule has 0 heterocycles. The van der Waals surface area contributed by atoms with Crippen LogP contribution >= 0.6 is 0 Å². The minimum atomic E-state index is -2.53. The molecule has 0 amide bonds. The summed E-state index contributed by atoms with van der Waals surface area (Å²) in [6, 6.07) is 0. The molecule has 1 atom stereocenters. The van der Waals surface area contributed by atoms with Crippen LogP contribution < -0.4 is 0 Å². The van der Waals surface area contributed by atoms with E-state index in [-0.39, 0.29) is 0 Å². The van der Waals surface area contributed by atoms with Crippen molar-refractivity contribution in [2.75, 3.05) is 0 Å². The maximum absolute atomic E-state index is 10.0. The normalized spacial score (nSPS) is 18.6. The van der Waals surface area contributed by atoms with Crippen LogP contribution in [0.5, 0.6) is 0 Å². The average Bonchev–Trinajstić information content (AvgIpc) is 1.85. The lowest BCUT2D eigenvalue weighted by Crippen LogP contribution is -2.52. The Morgan fingerprint density at radius 2 is 1.58 bits per heavy atom. The summed E-state index contributed by atoms with van der Waals surface area (Å²) in [7, 11) is -2.53. The lowest BCUT2D eigenvalue weighted by atomic mass is 9.94. The molecule has 1 unspecified atom stereocenters. The number of hydrogen-bond donors (Lipinski definition) is 2. The fraction of sp³-hybridized carbons (Fsp3) is 0.778. The Labute approximate surface area is 76.1 Å². The molecule has 0 bridgehead atoms. The Bertz CT molecular complexity index is 177. The molecule has 0 radical (unpaired) electrons. The van der Waals surface area contributed by atoms with Gasteiger partial charge in [-0.3, -0.25) is 0 Å². The van der Waals surface area contributed by atoms with Gasteiger partial charge < -0.3 is 9.90 Å². The maximum Gasteiger partial charge on any atom is 0.217 e. The molecule has 0 aliphatic rings. The molecule has 0 saturated carbocycles. The second-order valence-corrected chi connectivity index (χ2v) is 8.49. The Hall–Kier alpha value is -0.123. The van der Waals surface area contributed by atoms with Gasteiger partial charge in [0.15, 0.2) is 0 Å². The Morgan fingerprint density at radius 3 is 1.67 bits per heavy atom.